The van der Waals surface area contributed by atoms with Gasteiger partial charge in [-0.15, -0.1) is 0 Å². The van der Waals surface area contributed by atoms with Gasteiger partial charge in [0.25, 0.3) is 0 Å². The molecule has 0 aliphatic heterocycles. The molecule has 0 spiro atoms. The Bertz CT molecular complexity index is 490. The maximum atomic E-state index is 11.2. The third-order valence-electron chi connectivity index (χ3n) is 1.97. The average molecular weight is 191 g/mol. The lowest BCUT2D eigenvalue weighted by molar-refractivity contribution is 0.0594. The van der Waals surface area contributed by atoms with E-state index in [-0.39, 0.29) is 0 Å². The standard InChI is InChI=1S/C9H9N3O2/c1-6-3-7(9(13)14-2)11-8-4-10-5-12(6)8/h3-5H,1-2H3. The number of aryl methyl sites for hydroxylation is 1. The van der Waals surface area contributed by atoms with E-state index in [2.05, 4.69) is 14.7 Å². The van der Waals surface area contributed by atoms with Gasteiger partial charge in [-0.2, -0.15) is 0 Å². The van der Waals surface area contributed by atoms with E-state index in [0.29, 0.717) is 11.3 Å². The molecule has 0 N–H and O–H groups in total. The Kier molecular flexibility index (Phi) is 1.92. The van der Waals surface area contributed by atoms with Gasteiger partial charge in [0.1, 0.15) is 6.33 Å². The van der Waals surface area contributed by atoms with Gasteiger partial charge < -0.3 is 4.74 Å². The van der Waals surface area contributed by atoms with Gasteiger partial charge in [0.15, 0.2) is 11.3 Å². The molecule has 0 saturated carbocycles. The van der Waals surface area contributed by atoms with Crippen molar-refractivity contribution in [3.05, 3.63) is 30.0 Å². The van der Waals surface area contributed by atoms with Crippen LogP contribution in [0.15, 0.2) is 18.6 Å². The van der Waals surface area contributed by atoms with E-state index in [1.807, 2.05) is 6.92 Å². The molecule has 2 heterocycles. The first-order valence-electron chi connectivity index (χ1n) is 4.10. The summed E-state index contributed by atoms with van der Waals surface area (Å²) in [4.78, 5) is 19.2. The summed E-state index contributed by atoms with van der Waals surface area (Å²) in [7, 11) is 1.33. The average Bonchev–Trinajstić information content (AvgIpc) is 2.64. The molecule has 14 heavy (non-hydrogen) atoms. The summed E-state index contributed by atoms with van der Waals surface area (Å²) < 4.78 is 6.38. The highest BCUT2D eigenvalue weighted by Crippen LogP contribution is 2.07. The zero-order chi connectivity index (χ0) is 10.1. The molecule has 0 aromatic carbocycles. The zero-order valence-corrected chi connectivity index (χ0v) is 7.89. The van der Waals surface area contributed by atoms with Crippen molar-refractivity contribution in [2.24, 2.45) is 0 Å². The lowest BCUT2D eigenvalue weighted by atomic mass is 10.3. The number of nitrogens with zero attached hydrogens (tertiary/aromatic N) is 3. The molecule has 0 radical (unpaired) electrons. The lowest BCUT2D eigenvalue weighted by Gasteiger charge is -2.02. The molecule has 0 bridgehead atoms. The molecule has 72 valence electrons. The van der Waals surface area contributed by atoms with Crippen molar-refractivity contribution in [2.45, 2.75) is 6.92 Å². The SMILES string of the molecule is COC(=O)c1cc(C)n2cncc2n1. The van der Waals surface area contributed by atoms with Crippen LogP contribution < -0.4 is 0 Å². The maximum Gasteiger partial charge on any atom is 0.356 e. The first-order valence-corrected chi connectivity index (χ1v) is 4.10. The second-order valence-corrected chi connectivity index (χ2v) is 2.90. The van der Waals surface area contributed by atoms with Crippen LogP contribution in [-0.4, -0.2) is 27.4 Å². The molecule has 2 aromatic rings. The number of rotatable bonds is 1. The van der Waals surface area contributed by atoms with Crippen molar-refractivity contribution in [2.75, 3.05) is 7.11 Å². The van der Waals surface area contributed by atoms with Crippen molar-refractivity contribution in [3.63, 3.8) is 0 Å². The molecular formula is C9H9N3O2. The third-order valence-corrected chi connectivity index (χ3v) is 1.97. The van der Waals surface area contributed by atoms with Crippen LogP contribution in [0.1, 0.15) is 16.2 Å². The van der Waals surface area contributed by atoms with Crippen LogP contribution in [0.3, 0.4) is 0 Å². The normalized spacial score (nSPS) is 10.4. The van der Waals surface area contributed by atoms with E-state index in [4.69, 9.17) is 0 Å². The minimum absolute atomic E-state index is 0.304. The molecule has 5 nitrogen and oxygen atoms in total. The number of hydrogen-bond acceptors (Lipinski definition) is 4. The third kappa shape index (κ3) is 1.22. The predicted molar refractivity (Wildman–Crippen MR) is 49.1 cm³/mol. The summed E-state index contributed by atoms with van der Waals surface area (Å²) >= 11 is 0. The van der Waals surface area contributed by atoms with E-state index < -0.39 is 5.97 Å². The van der Waals surface area contributed by atoms with Crippen LogP contribution in [0.25, 0.3) is 5.65 Å². The maximum absolute atomic E-state index is 11.2. The van der Waals surface area contributed by atoms with E-state index in [9.17, 15) is 4.79 Å². The first kappa shape index (κ1) is 8.68. The number of esters is 1. The summed E-state index contributed by atoms with van der Waals surface area (Å²) in [6.45, 7) is 1.88. The van der Waals surface area contributed by atoms with E-state index in [1.54, 1.807) is 23.0 Å². The second-order valence-electron chi connectivity index (χ2n) is 2.90. The molecular weight excluding hydrogens is 182 g/mol. The van der Waals surface area contributed by atoms with Crippen molar-refractivity contribution < 1.29 is 9.53 Å². The van der Waals surface area contributed by atoms with Gasteiger partial charge in [-0.25, -0.2) is 14.8 Å². The van der Waals surface area contributed by atoms with Crippen molar-refractivity contribution in [1.29, 1.82) is 0 Å². The van der Waals surface area contributed by atoms with E-state index in [0.717, 1.165) is 5.69 Å². The number of fused-ring (bicyclic) bond motifs is 1. The van der Waals surface area contributed by atoms with Gasteiger partial charge in [-0.1, -0.05) is 0 Å². The molecule has 0 atom stereocenters. The Balaban J connectivity index is 2.64. The van der Waals surface area contributed by atoms with Crippen molar-refractivity contribution in [1.82, 2.24) is 14.4 Å². The molecule has 0 fully saturated rings. The van der Waals surface area contributed by atoms with Crippen molar-refractivity contribution >= 4 is 11.6 Å². The van der Waals surface area contributed by atoms with Gasteiger partial charge in [0, 0.05) is 5.69 Å². The monoisotopic (exact) mass is 191 g/mol. The molecule has 0 aliphatic rings. The topological polar surface area (TPSA) is 56.5 Å². The molecule has 0 aliphatic carbocycles. The first-order chi connectivity index (χ1) is 6.72. The summed E-state index contributed by atoms with van der Waals surface area (Å²) in [6.07, 6.45) is 3.25. The minimum atomic E-state index is -0.434. The Labute approximate surface area is 80.4 Å². The number of aromatic nitrogens is 3. The number of imidazole rings is 1. The number of carbonyl (C=O) groups is 1. The molecule has 2 rings (SSSR count). The fraction of sp³-hybridized carbons (Fsp3) is 0.222. The van der Waals surface area contributed by atoms with Crippen LogP contribution in [0, 0.1) is 6.92 Å². The Morgan fingerprint density at radius 2 is 2.36 bits per heavy atom. The van der Waals surface area contributed by atoms with Gasteiger partial charge in [0.05, 0.1) is 13.3 Å². The van der Waals surface area contributed by atoms with Gasteiger partial charge in [-0.05, 0) is 13.0 Å². The summed E-state index contributed by atoms with van der Waals surface area (Å²) in [5.41, 5.74) is 1.84. The summed E-state index contributed by atoms with van der Waals surface area (Å²) in [5.74, 6) is -0.434. The van der Waals surface area contributed by atoms with Crippen LogP contribution in [-0.2, 0) is 4.74 Å². The van der Waals surface area contributed by atoms with Gasteiger partial charge in [0.2, 0.25) is 0 Å². The van der Waals surface area contributed by atoms with Crippen molar-refractivity contribution in [3.8, 4) is 0 Å². The molecule has 0 unspecified atom stereocenters. The van der Waals surface area contributed by atoms with E-state index in [1.165, 1.54) is 7.11 Å². The minimum Gasteiger partial charge on any atom is -0.464 e. The quantitative estimate of drug-likeness (QED) is 0.626. The van der Waals surface area contributed by atoms with Crippen LogP contribution in [0.5, 0.6) is 0 Å². The van der Waals surface area contributed by atoms with Crippen LogP contribution >= 0.6 is 0 Å². The predicted octanol–water partition coefficient (Wildman–Crippen LogP) is 0.824. The zero-order valence-electron chi connectivity index (χ0n) is 7.89. The molecule has 0 saturated heterocycles. The molecule has 0 amide bonds. The van der Waals surface area contributed by atoms with E-state index >= 15 is 0 Å². The fourth-order valence-corrected chi connectivity index (χ4v) is 1.27. The number of carbonyl (C=O) groups excluding carboxylic acids is 1. The lowest BCUT2D eigenvalue weighted by Crippen LogP contribution is -2.06. The number of hydrogen-bond donors (Lipinski definition) is 0. The number of ether oxygens (including phenoxy) is 1. The van der Waals surface area contributed by atoms with Crippen LogP contribution in [0.2, 0.25) is 0 Å². The summed E-state index contributed by atoms with van der Waals surface area (Å²) in [5, 5.41) is 0. The fourth-order valence-electron chi connectivity index (χ4n) is 1.27. The highest BCUT2D eigenvalue weighted by atomic mass is 16.5. The van der Waals surface area contributed by atoms with Crippen LogP contribution in [0.4, 0.5) is 0 Å². The second kappa shape index (κ2) is 3.10. The Hall–Kier alpha value is -1.91. The highest BCUT2D eigenvalue weighted by Gasteiger charge is 2.09. The molecule has 2 aromatic heterocycles. The highest BCUT2D eigenvalue weighted by molar-refractivity contribution is 5.87. The Morgan fingerprint density at radius 1 is 1.57 bits per heavy atom. The Morgan fingerprint density at radius 3 is 3.07 bits per heavy atom. The largest absolute Gasteiger partial charge is 0.464 e. The smallest absolute Gasteiger partial charge is 0.356 e. The molecule has 5 heteroatoms. The van der Waals surface area contributed by atoms with Gasteiger partial charge >= 0.3 is 5.97 Å². The summed E-state index contributed by atoms with van der Waals surface area (Å²) in [6, 6.07) is 1.67. The number of methoxy groups -OCH3 is 1. The van der Waals surface area contributed by atoms with Gasteiger partial charge in [-0.3, -0.25) is 4.40 Å².